The van der Waals surface area contributed by atoms with Crippen molar-refractivity contribution in [2.24, 2.45) is 11.8 Å². The van der Waals surface area contributed by atoms with Gasteiger partial charge in [0.15, 0.2) is 11.2 Å². The van der Waals surface area contributed by atoms with Gasteiger partial charge in [-0.25, -0.2) is 9.67 Å². The fourth-order valence-corrected chi connectivity index (χ4v) is 5.87. The molecule has 0 N–H and O–H groups in total. The van der Waals surface area contributed by atoms with Crippen molar-refractivity contribution in [3.8, 4) is 0 Å². The molecule has 0 saturated carbocycles. The first kappa shape index (κ1) is 25.2. The Morgan fingerprint density at radius 1 is 1.19 bits per heavy atom. The number of carbonyl (C=O) groups excluding carboxylic acids is 1. The number of ether oxygens (including phenoxy) is 1. The van der Waals surface area contributed by atoms with Crippen LogP contribution in [0.3, 0.4) is 0 Å². The Kier molecular flexibility index (Phi) is 7.32. The smallest absolute Gasteiger partial charge is 0.320 e. The lowest BCUT2D eigenvalue weighted by atomic mass is 9.81. The van der Waals surface area contributed by atoms with Crippen molar-refractivity contribution < 1.29 is 9.53 Å². The number of fused-ring (bicyclic) bond motifs is 1. The standard InChI is InChI=1S/C25H31Cl2N7O2/c1-4-36-22(35)14-32-9-5-6-17(11-32)18-12-33(13-18)25-28-15(2)23-24(29-25)34(31-30-23)16(3)20-8-7-19(26)10-21(20)27/h7-8,10,16-18H,4-6,9,11-14H2,1-3H3/t16-,17+/m1/s1. The Hall–Kier alpha value is -2.49. The maximum Gasteiger partial charge on any atom is 0.320 e. The number of halogens is 2. The van der Waals surface area contributed by atoms with E-state index in [2.05, 4.69) is 20.1 Å². The van der Waals surface area contributed by atoms with E-state index in [0.29, 0.717) is 52.1 Å². The van der Waals surface area contributed by atoms with Crippen molar-refractivity contribution in [1.29, 1.82) is 0 Å². The first-order valence-electron chi connectivity index (χ1n) is 12.5. The number of piperidine rings is 1. The normalized spacial score (nSPS) is 19.9. The molecule has 2 fully saturated rings. The number of aryl methyl sites for hydroxylation is 1. The van der Waals surface area contributed by atoms with Gasteiger partial charge in [-0.15, -0.1) is 5.10 Å². The van der Waals surface area contributed by atoms with Crippen molar-refractivity contribution in [3.63, 3.8) is 0 Å². The Morgan fingerprint density at radius 3 is 2.75 bits per heavy atom. The number of hydrogen-bond acceptors (Lipinski definition) is 8. The third-order valence-corrected chi connectivity index (χ3v) is 7.89. The molecular weight excluding hydrogens is 501 g/mol. The number of carbonyl (C=O) groups is 1. The molecule has 0 aliphatic carbocycles. The van der Waals surface area contributed by atoms with E-state index in [1.54, 1.807) is 10.7 Å². The van der Waals surface area contributed by atoms with Crippen LogP contribution in [0, 0.1) is 18.8 Å². The van der Waals surface area contributed by atoms with Crippen molar-refractivity contribution in [1.82, 2.24) is 29.9 Å². The maximum atomic E-state index is 11.9. The molecule has 0 spiro atoms. The lowest BCUT2D eigenvalue weighted by molar-refractivity contribution is -0.145. The average Bonchev–Trinajstić information content (AvgIpc) is 3.23. The molecule has 2 atom stereocenters. The molecule has 0 unspecified atom stereocenters. The van der Waals surface area contributed by atoms with Crippen molar-refractivity contribution in [3.05, 3.63) is 39.5 Å². The van der Waals surface area contributed by atoms with Gasteiger partial charge < -0.3 is 9.64 Å². The van der Waals surface area contributed by atoms with Crippen LogP contribution in [0.2, 0.25) is 10.0 Å². The van der Waals surface area contributed by atoms with Gasteiger partial charge in [-0.05, 0) is 69.7 Å². The number of hydrogen-bond donors (Lipinski definition) is 0. The first-order valence-corrected chi connectivity index (χ1v) is 13.3. The van der Waals surface area contributed by atoms with Crippen LogP contribution in [-0.2, 0) is 9.53 Å². The summed E-state index contributed by atoms with van der Waals surface area (Å²) in [7, 11) is 0. The van der Waals surface area contributed by atoms with E-state index in [0.717, 1.165) is 43.9 Å². The van der Waals surface area contributed by atoms with Gasteiger partial charge in [0.2, 0.25) is 5.95 Å². The molecule has 11 heteroatoms. The van der Waals surface area contributed by atoms with Gasteiger partial charge in [0.25, 0.3) is 0 Å². The highest BCUT2D eigenvalue weighted by molar-refractivity contribution is 6.35. The molecule has 4 heterocycles. The molecule has 0 amide bonds. The molecule has 0 bridgehead atoms. The second-order valence-electron chi connectivity index (χ2n) is 9.76. The van der Waals surface area contributed by atoms with E-state index in [9.17, 15) is 4.79 Å². The Bertz CT molecular complexity index is 1260. The topological polar surface area (TPSA) is 89.3 Å². The minimum absolute atomic E-state index is 0.134. The van der Waals surface area contributed by atoms with Crippen LogP contribution in [0.15, 0.2) is 18.2 Å². The molecule has 2 aromatic heterocycles. The highest BCUT2D eigenvalue weighted by Crippen LogP contribution is 2.34. The van der Waals surface area contributed by atoms with Gasteiger partial charge in [0, 0.05) is 29.7 Å². The summed E-state index contributed by atoms with van der Waals surface area (Å²) in [6, 6.07) is 5.30. The zero-order valence-corrected chi connectivity index (χ0v) is 22.3. The van der Waals surface area contributed by atoms with Gasteiger partial charge in [-0.2, -0.15) is 4.98 Å². The van der Waals surface area contributed by atoms with E-state index in [-0.39, 0.29) is 12.0 Å². The second kappa shape index (κ2) is 10.5. The largest absolute Gasteiger partial charge is 0.465 e. The molecule has 36 heavy (non-hydrogen) atoms. The van der Waals surface area contributed by atoms with Crippen LogP contribution in [0.1, 0.15) is 44.0 Å². The number of aromatic nitrogens is 5. The molecule has 9 nitrogen and oxygen atoms in total. The number of benzene rings is 1. The summed E-state index contributed by atoms with van der Waals surface area (Å²) < 4.78 is 6.93. The minimum atomic E-state index is -0.168. The Morgan fingerprint density at radius 2 is 2.00 bits per heavy atom. The van der Waals surface area contributed by atoms with E-state index >= 15 is 0 Å². The van der Waals surface area contributed by atoms with Crippen LogP contribution in [0.5, 0.6) is 0 Å². The van der Waals surface area contributed by atoms with E-state index in [4.69, 9.17) is 37.9 Å². The van der Waals surface area contributed by atoms with Crippen LogP contribution in [-0.4, -0.2) is 75.2 Å². The average molecular weight is 532 g/mol. The van der Waals surface area contributed by atoms with E-state index in [1.807, 2.05) is 32.9 Å². The second-order valence-corrected chi connectivity index (χ2v) is 10.6. The summed E-state index contributed by atoms with van der Waals surface area (Å²) in [5.74, 6) is 1.69. The molecule has 2 saturated heterocycles. The summed E-state index contributed by atoms with van der Waals surface area (Å²) in [4.78, 5) is 26.0. The summed E-state index contributed by atoms with van der Waals surface area (Å²) in [6.07, 6.45) is 2.30. The molecule has 192 valence electrons. The lowest BCUT2D eigenvalue weighted by Crippen LogP contribution is -2.54. The zero-order chi connectivity index (χ0) is 25.4. The predicted molar refractivity (Wildman–Crippen MR) is 140 cm³/mol. The van der Waals surface area contributed by atoms with Gasteiger partial charge >= 0.3 is 5.97 Å². The monoisotopic (exact) mass is 531 g/mol. The molecule has 3 aromatic rings. The number of anilines is 1. The molecule has 2 aliphatic heterocycles. The maximum absolute atomic E-state index is 11.9. The predicted octanol–water partition coefficient (Wildman–Crippen LogP) is 4.16. The summed E-state index contributed by atoms with van der Waals surface area (Å²) >= 11 is 12.5. The van der Waals surface area contributed by atoms with Crippen LogP contribution < -0.4 is 4.90 Å². The fraction of sp³-hybridized carbons (Fsp3) is 0.560. The Balaban J connectivity index is 1.29. The number of nitrogens with zero attached hydrogens (tertiary/aromatic N) is 7. The van der Waals surface area contributed by atoms with Gasteiger partial charge in [0.1, 0.15) is 0 Å². The molecule has 1 aromatic carbocycles. The highest BCUT2D eigenvalue weighted by Gasteiger charge is 2.37. The number of likely N-dealkylation sites (tertiary alicyclic amines) is 1. The first-order chi connectivity index (χ1) is 17.3. The summed E-state index contributed by atoms with van der Waals surface area (Å²) in [5, 5.41) is 9.91. The Labute approximate surface area is 220 Å². The highest BCUT2D eigenvalue weighted by atomic mass is 35.5. The third kappa shape index (κ3) is 5.01. The SMILES string of the molecule is CCOC(=O)CN1CCC[C@H](C2CN(c3nc(C)c4nnn([C@H](C)c5ccc(Cl)cc5Cl)c4n3)C2)C1. The van der Waals surface area contributed by atoms with E-state index < -0.39 is 0 Å². The lowest BCUT2D eigenvalue weighted by Gasteiger charge is -2.46. The van der Waals surface area contributed by atoms with Gasteiger partial charge in [-0.1, -0.05) is 34.5 Å². The summed E-state index contributed by atoms with van der Waals surface area (Å²) in [5.41, 5.74) is 3.09. The quantitative estimate of drug-likeness (QED) is 0.420. The molecular formula is C25H31Cl2N7O2. The number of rotatable bonds is 7. The molecule has 2 aliphatic rings. The van der Waals surface area contributed by atoms with Crippen LogP contribution in [0.4, 0.5) is 5.95 Å². The van der Waals surface area contributed by atoms with E-state index in [1.165, 1.54) is 6.42 Å². The molecule has 0 radical (unpaired) electrons. The number of esters is 1. The minimum Gasteiger partial charge on any atom is -0.465 e. The van der Waals surface area contributed by atoms with Gasteiger partial charge in [0.05, 0.1) is 24.9 Å². The van der Waals surface area contributed by atoms with Crippen molar-refractivity contribution in [2.75, 3.05) is 44.2 Å². The molecule has 5 rings (SSSR count). The van der Waals surface area contributed by atoms with Gasteiger partial charge in [-0.3, -0.25) is 9.69 Å². The fourth-order valence-electron chi connectivity index (χ4n) is 5.31. The van der Waals surface area contributed by atoms with Crippen molar-refractivity contribution in [2.45, 2.75) is 39.7 Å². The summed E-state index contributed by atoms with van der Waals surface area (Å²) in [6.45, 7) is 10.3. The van der Waals surface area contributed by atoms with Crippen molar-refractivity contribution >= 4 is 46.3 Å². The van der Waals surface area contributed by atoms with Crippen LogP contribution >= 0.6 is 23.2 Å². The third-order valence-electron chi connectivity index (χ3n) is 7.32. The zero-order valence-electron chi connectivity index (χ0n) is 20.8. The van der Waals surface area contributed by atoms with Crippen LogP contribution in [0.25, 0.3) is 11.2 Å².